The van der Waals surface area contributed by atoms with Crippen LogP contribution in [0.1, 0.15) is 28.8 Å². The van der Waals surface area contributed by atoms with Gasteiger partial charge in [-0.15, -0.1) is 11.3 Å². The Bertz CT molecular complexity index is 1150. The fourth-order valence-corrected chi connectivity index (χ4v) is 3.67. The Balaban J connectivity index is 1.82. The second-order valence-corrected chi connectivity index (χ2v) is 7.82. The molecule has 0 aliphatic carbocycles. The summed E-state index contributed by atoms with van der Waals surface area (Å²) in [4.78, 5) is 22.6. The number of thiazole rings is 1. The number of hydrogen-bond donors (Lipinski definition) is 3. The smallest absolute Gasteiger partial charge is 0.223 e. The lowest BCUT2D eigenvalue weighted by molar-refractivity contribution is 0.626. The number of aryl methyl sites for hydroxylation is 1. The zero-order chi connectivity index (χ0) is 21.1. The third-order valence-electron chi connectivity index (χ3n) is 4.42. The highest BCUT2D eigenvalue weighted by Crippen LogP contribution is 2.37. The second-order valence-electron chi connectivity index (χ2n) is 6.58. The summed E-state index contributed by atoms with van der Waals surface area (Å²) in [6.45, 7) is 3.96. The van der Waals surface area contributed by atoms with Crippen LogP contribution in [-0.4, -0.2) is 24.9 Å². The maximum atomic E-state index is 13.5. The SMILES string of the molecule is Cc1cnc(Nc2nc(N)nc(Nc3cnccn3)c2C(C)c2ccc(F)cc2)s1. The molecule has 0 bridgehead atoms. The highest BCUT2D eigenvalue weighted by molar-refractivity contribution is 7.15. The van der Waals surface area contributed by atoms with Crippen molar-refractivity contribution in [3.05, 3.63) is 70.9 Å². The van der Waals surface area contributed by atoms with Gasteiger partial charge in [-0.2, -0.15) is 9.97 Å². The first-order valence-corrected chi connectivity index (χ1v) is 9.96. The van der Waals surface area contributed by atoms with Gasteiger partial charge in [-0.3, -0.25) is 4.98 Å². The minimum Gasteiger partial charge on any atom is -0.368 e. The summed E-state index contributed by atoms with van der Waals surface area (Å²) in [5.41, 5.74) is 7.63. The van der Waals surface area contributed by atoms with Crippen molar-refractivity contribution in [1.29, 1.82) is 0 Å². The van der Waals surface area contributed by atoms with Crippen LogP contribution in [0, 0.1) is 12.7 Å². The van der Waals surface area contributed by atoms with Gasteiger partial charge in [0.25, 0.3) is 0 Å². The van der Waals surface area contributed by atoms with Crippen LogP contribution in [0.15, 0.2) is 49.1 Å². The molecule has 0 saturated heterocycles. The van der Waals surface area contributed by atoms with E-state index >= 15 is 0 Å². The minimum atomic E-state index is -0.297. The van der Waals surface area contributed by atoms with Crippen LogP contribution in [0.2, 0.25) is 0 Å². The molecule has 1 atom stereocenters. The number of benzene rings is 1. The molecule has 0 spiro atoms. The van der Waals surface area contributed by atoms with Gasteiger partial charge in [0.2, 0.25) is 5.95 Å². The number of hydrogen-bond acceptors (Lipinski definition) is 9. The molecule has 4 rings (SSSR count). The maximum Gasteiger partial charge on any atom is 0.223 e. The van der Waals surface area contributed by atoms with Crippen molar-refractivity contribution in [2.75, 3.05) is 16.4 Å². The van der Waals surface area contributed by atoms with E-state index in [2.05, 4.69) is 35.6 Å². The van der Waals surface area contributed by atoms with E-state index in [-0.39, 0.29) is 17.7 Å². The first-order chi connectivity index (χ1) is 14.5. The van der Waals surface area contributed by atoms with Gasteiger partial charge in [-0.1, -0.05) is 19.1 Å². The quantitative estimate of drug-likeness (QED) is 0.419. The molecule has 10 heteroatoms. The number of halogens is 1. The Morgan fingerprint density at radius 3 is 2.37 bits per heavy atom. The third-order valence-corrected chi connectivity index (χ3v) is 5.25. The number of anilines is 5. The van der Waals surface area contributed by atoms with Crippen LogP contribution in [0.4, 0.5) is 32.9 Å². The van der Waals surface area contributed by atoms with Gasteiger partial charge in [0, 0.05) is 34.9 Å². The summed E-state index contributed by atoms with van der Waals surface area (Å²) in [5.74, 6) is 1.12. The van der Waals surface area contributed by atoms with E-state index in [4.69, 9.17) is 5.73 Å². The highest BCUT2D eigenvalue weighted by atomic mass is 32.1. The zero-order valence-corrected chi connectivity index (χ0v) is 17.1. The Labute approximate surface area is 176 Å². The topological polar surface area (TPSA) is 115 Å². The average molecular weight is 422 g/mol. The van der Waals surface area contributed by atoms with Crippen molar-refractivity contribution in [3.63, 3.8) is 0 Å². The largest absolute Gasteiger partial charge is 0.368 e. The van der Waals surface area contributed by atoms with Crippen molar-refractivity contribution < 1.29 is 4.39 Å². The lowest BCUT2D eigenvalue weighted by Gasteiger charge is -2.20. The van der Waals surface area contributed by atoms with E-state index in [1.165, 1.54) is 23.5 Å². The highest BCUT2D eigenvalue weighted by Gasteiger charge is 2.22. The van der Waals surface area contributed by atoms with Gasteiger partial charge in [0.15, 0.2) is 5.13 Å². The van der Waals surface area contributed by atoms with Crippen molar-refractivity contribution >= 4 is 39.9 Å². The molecule has 4 aromatic rings. The minimum absolute atomic E-state index is 0.0900. The predicted octanol–water partition coefficient (Wildman–Crippen LogP) is 4.39. The Morgan fingerprint density at radius 1 is 1.00 bits per heavy atom. The molecule has 0 aliphatic heterocycles. The molecule has 152 valence electrons. The number of nitrogen functional groups attached to an aromatic ring is 1. The lowest BCUT2D eigenvalue weighted by atomic mass is 9.93. The molecule has 30 heavy (non-hydrogen) atoms. The molecule has 0 aliphatic rings. The summed E-state index contributed by atoms with van der Waals surface area (Å²) in [6, 6.07) is 6.33. The van der Waals surface area contributed by atoms with Gasteiger partial charge in [0.1, 0.15) is 23.3 Å². The second kappa shape index (κ2) is 8.37. The third kappa shape index (κ3) is 4.33. The van der Waals surface area contributed by atoms with Crippen molar-refractivity contribution in [2.45, 2.75) is 19.8 Å². The molecular formula is C20H19FN8S. The average Bonchev–Trinajstić information content (AvgIpc) is 3.13. The summed E-state index contributed by atoms with van der Waals surface area (Å²) >= 11 is 1.50. The van der Waals surface area contributed by atoms with E-state index in [1.54, 1.807) is 36.9 Å². The van der Waals surface area contributed by atoms with Crippen molar-refractivity contribution in [2.24, 2.45) is 0 Å². The van der Waals surface area contributed by atoms with Gasteiger partial charge in [0.05, 0.1) is 6.20 Å². The van der Waals surface area contributed by atoms with Crippen molar-refractivity contribution in [1.82, 2.24) is 24.9 Å². The first-order valence-electron chi connectivity index (χ1n) is 9.15. The van der Waals surface area contributed by atoms with Crippen LogP contribution in [0.25, 0.3) is 0 Å². The van der Waals surface area contributed by atoms with E-state index in [1.807, 2.05) is 13.8 Å². The molecule has 3 heterocycles. The Kier molecular flexibility index (Phi) is 5.48. The van der Waals surface area contributed by atoms with Crippen LogP contribution >= 0.6 is 11.3 Å². The van der Waals surface area contributed by atoms with Gasteiger partial charge in [-0.25, -0.2) is 14.4 Å². The van der Waals surface area contributed by atoms with Gasteiger partial charge >= 0.3 is 0 Å². The molecule has 3 aromatic heterocycles. The molecule has 0 saturated carbocycles. The van der Waals surface area contributed by atoms with Gasteiger partial charge < -0.3 is 16.4 Å². The van der Waals surface area contributed by atoms with Crippen LogP contribution < -0.4 is 16.4 Å². The molecule has 0 amide bonds. The summed E-state index contributed by atoms with van der Waals surface area (Å²) in [6.07, 6.45) is 6.52. The molecule has 1 unspecified atom stereocenters. The molecule has 0 fully saturated rings. The standard InChI is InChI=1S/C20H19FN8S/c1-11-9-25-20(30-11)29-18-16(12(2)13-3-5-14(21)6-4-13)17(27-19(22)28-18)26-15-10-23-7-8-24-15/h3-10,12H,1-2H3,(H4,22,24,25,26,27,28,29). The fourth-order valence-electron chi connectivity index (χ4n) is 3.00. The number of nitrogens with one attached hydrogen (secondary N) is 2. The number of nitrogens with zero attached hydrogens (tertiary/aromatic N) is 5. The monoisotopic (exact) mass is 422 g/mol. The zero-order valence-electron chi connectivity index (χ0n) is 16.3. The lowest BCUT2D eigenvalue weighted by Crippen LogP contribution is -2.12. The Morgan fingerprint density at radius 2 is 1.73 bits per heavy atom. The van der Waals surface area contributed by atoms with Crippen molar-refractivity contribution in [3.8, 4) is 0 Å². The first kappa shape index (κ1) is 19.6. The molecule has 4 N–H and O–H groups in total. The number of rotatable bonds is 6. The van der Waals surface area contributed by atoms with Crippen LogP contribution in [0.3, 0.4) is 0 Å². The van der Waals surface area contributed by atoms with Crippen LogP contribution in [0.5, 0.6) is 0 Å². The van der Waals surface area contributed by atoms with E-state index < -0.39 is 0 Å². The summed E-state index contributed by atoms with van der Waals surface area (Å²) in [7, 11) is 0. The molecular weight excluding hydrogens is 403 g/mol. The molecule has 8 nitrogen and oxygen atoms in total. The maximum absolute atomic E-state index is 13.5. The van der Waals surface area contributed by atoms with Gasteiger partial charge in [-0.05, 0) is 24.6 Å². The molecule has 0 radical (unpaired) electrons. The predicted molar refractivity (Wildman–Crippen MR) is 116 cm³/mol. The normalized spacial score (nSPS) is 11.8. The Hall–Kier alpha value is -3.66. The number of nitrogens with two attached hydrogens (primary N) is 1. The fraction of sp³-hybridized carbons (Fsp3) is 0.150. The summed E-state index contributed by atoms with van der Waals surface area (Å²) in [5, 5.41) is 7.10. The van der Waals surface area contributed by atoms with E-state index in [9.17, 15) is 4.39 Å². The van der Waals surface area contributed by atoms with E-state index in [0.29, 0.717) is 22.6 Å². The number of aromatic nitrogens is 5. The van der Waals surface area contributed by atoms with E-state index in [0.717, 1.165) is 16.0 Å². The van der Waals surface area contributed by atoms with Crippen LogP contribution in [-0.2, 0) is 0 Å². The summed E-state index contributed by atoms with van der Waals surface area (Å²) < 4.78 is 13.5. The molecule has 1 aromatic carbocycles.